The molecule has 2 aromatic carbocycles. The first-order valence-corrected chi connectivity index (χ1v) is 8.74. The number of hydrogen-bond acceptors (Lipinski definition) is 5. The summed E-state index contributed by atoms with van der Waals surface area (Å²) in [6.07, 6.45) is 1.32. The molecule has 0 radical (unpaired) electrons. The summed E-state index contributed by atoms with van der Waals surface area (Å²) >= 11 is 12.1. The minimum Gasteiger partial charge on any atom is -0.455 e. The topological polar surface area (TPSA) is 97.7 Å². The highest BCUT2D eigenvalue weighted by Gasteiger charge is 2.13. The molecular formula is C19H13Cl2N3O4. The molecule has 0 spiro atoms. The fourth-order valence-electron chi connectivity index (χ4n) is 2.40. The number of benzene rings is 2. The van der Waals surface area contributed by atoms with E-state index in [0.29, 0.717) is 27.7 Å². The lowest BCUT2D eigenvalue weighted by Crippen LogP contribution is -2.18. The van der Waals surface area contributed by atoms with E-state index in [2.05, 4.69) is 10.5 Å². The molecular weight excluding hydrogens is 405 g/mol. The van der Waals surface area contributed by atoms with Crippen LogP contribution in [0.15, 0.2) is 58.0 Å². The van der Waals surface area contributed by atoms with Gasteiger partial charge in [-0.15, -0.1) is 0 Å². The van der Waals surface area contributed by atoms with E-state index in [9.17, 15) is 14.9 Å². The largest absolute Gasteiger partial charge is 0.455 e. The fraction of sp³-hybridized carbons (Fsp3) is 0.0526. The monoisotopic (exact) mass is 417 g/mol. The summed E-state index contributed by atoms with van der Waals surface area (Å²) in [4.78, 5) is 22.4. The summed E-state index contributed by atoms with van der Waals surface area (Å²) in [7, 11) is 0. The quantitative estimate of drug-likeness (QED) is 0.348. The van der Waals surface area contributed by atoms with Gasteiger partial charge < -0.3 is 4.42 Å². The number of halogens is 2. The zero-order valence-electron chi connectivity index (χ0n) is 14.5. The van der Waals surface area contributed by atoms with Gasteiger partial charge in [-0.3, -0.25) is 14.9 Å². The van der Waals surface area contributed by atoms with E-state index in [-0.39, 0.29) is 10.7 Å². The number of nitrogens with zero attached hydrogens (tertiary/aromatic N) is 2. The predicted molar refractivity (Wildman–Crippen MR) is 107 cm³/mol. The Balaban J connectivity index is 1.71. The smallest absolute Gasteiger partial charge is 0.272 e. The van der Waals surface area contributed by atoms with Crippen molar-refractivity contribution in [3.8, 4) is 11.3 Å². The molecule has 28 heavy (non-hydrogen) atoms. The molecule has 0 unspecified atom stereocenters. The lowest BCUT2D eigenvalue weighted by atomic mass is 10.1. The van der Waals surface area contributed by atoms with E-state index in [0.717, 1.165) is 5.56 Å². The molecule has 0 aliphatic heterocycles. The van der Waals surface area contributed by atoms with Crippen molar-refractivity contribution in [3.63, 3.8) is 0 Å². The number of carbonyl (C=O) groups excluding carboxylic acids is 1. The highest BCUT2D eigenvalue weighted by Crippen LogP contribution is 2.32. The lowest BCUT2D eigenvalue weighted by Gasteiger charge is -2.03. The Kier molecular flexibility index (Phi) is 5.77. The van der Waals surface area contributed by atoms with Crippen LogP contribution in [0.25, 0.3) is 11.3 Å². The van der Waals surface area contributed by atoms with Crippen molar-refractivity contribution in [1.82, 2.24) is 5.43 Å². The lowest BCUT2D eigenvalue weighted by molar-refractivity contribution is -0.384. The third kappa shape index (κ3) is 4.39. The number of hydrogen-bond donors (Lipinski definition) is 1. The molecule has 3 rings (SSSR count). The molecule has 1 N–H and O–H groups in total. The van der Waals surface area contributed by atoms with E-state index >= 15 is 0 Å². The molecule has 7 nitrogen and oxygen atoms in total. The second kappa shape index (κ2) is 8.24. The van der Waals surface area contributed by atoms with Crippen molar-refractivity contribution in [2.45, 2.75) is 6.92 Å². The van der Waals surface area contributed by atoms with Gasteiger partial charge in [0, 0.05) is 17.7 Å². The molecule has 1 aromatic heterocycles. The van der Waals surface area contributed by atoms with Crippen molar-refractivity contribution < 1.29 is 14.1 Å². The van der Waals surface area contributed by atoms with Gasteiger partial charge in [-0.2, -0.15) is 5.10 Å². The Labute approximate surface area is 169 Å². The number of hydrazone groups is 1. The highest BCUT2D eigenvalue weighted by atomic mass is 35.5. The van der Waals surface area contributed by atoms with Crippen LogP contribution < -0.4 is 5.43 Å². The number of nitro benzene ring substituents is 1. The van der Waals surface area contributed by atoms with Crippen molar-refractivity contribution in [1.29, 1.82) is 0 Å². The van der Waals surface area contributed by atoms with Crippen molar-refractivity contribution in [2.24, 2.45) is 5.10 Å². The summed E-state index contributed by atoms with van der Waals surface area (Å²) in [6.45, 7) is 1.87. The maximum absolute atomic E-state index is 12.1. The van der Waals surface area contributed by atoms with E-state index in [1.165, 1.54) is 24.4 Å². The molecule has 0 aliphatic carbocycles. The number of aryl methyl sites for hydroxylation is 1. The molecule has 0 saturated carbocycles. The molecule has 9 heteroatoms. The second-order valence-corrected chi connectivity index (χ2v) is 6.62. The number of carbonyl (C=O) groups is 1. The third-order valence-electron chi connectivity index (χ3n) is 3.78. The molecule has 3 aromatic rings. The van der Waals surface area contributed by atoms with Gasteiger partial charge in [-0.25, -0.2) is 5.43 Å². The standard InChI is InChI=1S/C19H13Cl2N3O4/c1-11-2-5-15(16(20)8-11)19(25)23-22-10-13-4-7-18(28-13)14-6-3-12(24(26)27)9-17(14)21/h2-10H,1H3,(H,23,25). The number of rotatable bonds is 5. The van der Waals surface area contributed by atoms with E-state index in [1.54, 1.807) is 30.3 Å². The Morgan fingerprint density at radius 1 is 1.14 bits per heavy atom. The summed E-state index contributed by atoms with van der Waals surface area (Å²) in [6, 6.07) is 12.4. The Morgan fingerprint density at radius 3 is 2.61 bits per heavy atom. The molecule has 142 valence electrons. The van der Waals surface area contributed by atoms with Crippen molar-refractivity contribution in [2.75, 3.05) is 0 Å². The first kappa shape index (κ1) is 19.6. The Morgan fingerprint density at radius 2 is 1.93 bits per heavy atom. The number of nitrogens with one attached hydrogen (secondary N) is 1. The minimum atomic E-state index is -0.529. The number of furan rings is 1. The van der Waals surface area contributed by atoms with Gasteiger partial charge in [0.15, 0.2) is 0 Å². The fourth-order valence-corrected chi connectivity index (χ4v) is 2.99. The average molecular weight is 418 g/mol. The van der Waals surface area contributed by atoms with Crippen LogP contribution in [-0.4, -0.2) is 17.0 Å². The van der Waals surface area contributed by atoms with Crippen LogP contribution in [0.3, 0.4) is 0 Å². The van der Waals surface area contributed by atoms with Crippen LogP contribution in [-0.2, 0) is 0 Å². The summed E-state index contributed by atoms with van der Waals surface area (Å²) in [5.74, 6) is 0.320. The Hall–Kier alpha value is -3.16. The third-order valence-corrected chi connectivity index (χ3v) is 4.41. The van der Waals surface area contributed by atoms with Gasteiger partial charge in [-0.05, 0) is 42.8 Å². The van der Waals surface area contributed by atoms with Crippen molar-refractivity contribution in [3.05, 3.63) is 85.6 Å². The molecule has 0 atom stereocenters. The number of amides is 1. The zero-order chi connectivity index (χ0) is 20.3. The highest BCUT2D eigenvalue weighted by molar-refractivity contribution is 6.34. The molecule has 0 saturated heterocycles. The van der Waals surface area contributed by atoms with E-state index in [4.69, 9.17) is 27.6 Å². The van der Waals surface area contributed by atoms with Gasteiger partial charge in [0.05, 0.1) is 26.7 Å². The molecule has 1 heterocycles. The van der Waals surface area contributed by atoms with Crippen LogP contribution in [0, 0.1) is 17.0 Å². The predicted octanol–water partition coefficient (Wildman–Crippen LogP) is 5.23. The van der Waals surface area contributed by atoms with E-state index < -0.39 is 10.8 Å². The molecule has 1 amide bonds. The summed E-state index contributed by atoms with van der Waals surface area (Å²) in [5.41, 5.74) is 4.01. The molecule has 0 fully saturated rings. The summed E-state index contributed by atoms with van der Waals surface area (Å²) in [5, 5.41) is 15.2. The average Bonchev–Trinajstić information content (AvgIpc) is 3.10. The van der Waals surface area contributed by atoms with Crippen LogP contribution in [0.2, 0.25) is 10.0 Å². The molecule has 0 aliphatic rings. The number of nitro groups is 1. The normalized spacial score (nSPS) is 11.0. The van der Waals surface area contributed by atoms with Gasteiger partial charge >= 0.3 is 0 Å². The second-order valence-electron chi connectivity index (χ2n) is 5.81. The zero-order valence-corrected chi connectivity index (χ0v) is 16.0. The van der Waals surface area contributed by atoms with Crippen molar-refractivity contribution >= 4 is 41.0 Å². The van der Waals surface area contributed by atoms with E-state index in [1.807, 2.05) is 6.92 Å². The van der Waals surface area contributed by atoms with Gasteiger partial charge in [0.2, 0.25) is 0 Å². The van der Waals surface area contributed by atoms with Crippen LogP contribution in [0.5, 0.6) is 0 Å². The van der Waals surface area contributed by atoms with Gasteiger partial charge in [0.25, 0.3) is 11.6 Å². The minimum absolute atomic E-state index is 0.112. The maximum Gasteiger partial charge on any atom is 0.272 e. The first-order valence-electron chi connectivity index (χ1n) is 7.99. The summed E-state index contributed by atoms with van der Waals surface area (Å²) < 4.78 is 5.60. The number of non-ortho nitro benzene ring substituents is 1. The molecule has 0 bridgehead atoms. The van der Waals surface area contributed by atoms with Crippen LogP contribution in [0.1, 0.15) is 21.7 Å². The first-order chi connectivity index (χ1) is 13.3. The van der Waals surface area contributed by atoms with Crippen LogP contribution in [0.4, 0.5) is 5.69 Å². The van der Waals surface area contributed by atoms with Gasteiger partial charge in [0.1, 0.15) is 11.5 Å². The SMILES string of the molecule is Cc1ccc(C(=O)NN=Cc2ccc(-c3ccc([N+](=O)[O-])cc3Cl)o2)c(Cl)c1. The maximum atomic E-state index is 12.1. The van der Waals surface area contributed by atoms with Gasteiger partial charge in [-0.1, -0.05) is 29.3 Å². The van der Waals surface area contributed by atoms with Crippen LogP contribution >= 0.6 is 23.2 Å². The Bertz CT molecular complexity index is 1090.